The molecule has 0 aromatic heterocycles. The standard InChI is InChI=1S/C22H26N2O.H2/c1-16(21-10-6-8-19-7-4-5-9-22(19)21)24(3)15-18-11-13-20(14-12-18)23-17(2)25;/h5-6,8-14,16H,4,7,15H2,1-3H3,(H,23,25);1H/t16-;/m1./s1. The van der Waals surface area contributed by atoms with Crippen LogP contribution < -0.4 is 5.32 Å². The zero-order valence-corrected chi connectivity index (χ0v) is 15.3. The van der Waals surface area contributed by atoms with Gasteiger partial charge in [0.05, 0.1) is 0 Å². The van der Waals surface area contributed by atoms with Gasteiger partial charge in [-0.1, -0.05) is 42.5 Å². The molecule has 132 valence electrons. The van der Waals surface area contributed by atoms with Crippen molar-refractivity contribution in [2.75, 3.05) is 12.4 Å². The summed E-state index contributed by atoms with van der Waals surface area (Å²) in [7, 11) is 2.17. The van der Waals surface area contributed by atoms with Gasteiger partial charge >= 0.3 is 0 Å². The van der Waals surface area contributed by atoms with Crippen molar-refractivity contribution in [2.45, 2.75) is 39.3 Å². The van der Waals surface area contributed by atoms with Gasteiger partial charge < -0.3 is 5.32 Å². The third kappa shape index (κ3) is 4.18. The van der Waals surface area contributed by atoms with Gasteiger partial charge in [-0.2, -0.15) is 0 Å². The molecule has 3 nitrogen and oxygen atoms in total. The van der Waals surface area contributed by atoms with Crippen LogP contribution in [-0.4, -0.2) is 17.9 Å². The van der Waals surface area contributed by atoms with Crippen LogP contribution in [0.5, 0.6) is 0 Å². The molecule has 2 aromatic carbocycles. The van der Waals surface area contributed by atoms with Gasteiger partial charge in [0.25, 0.3) is 0 Å². The predicted octanol–water partition coefficient (Wildman–Crippen LogP) is 5.04. The Bertz CT molecular complexity index is 783. The van der Waals surface area contributed by atoms with Crippen LogP contribution in [0.3, 0.4) is 0 Å². The van der Waals surface area contributed by atoms with Gasteiger partial charge in [0.2, 0.25) is 5.91 Å². The maximum absolute atomic E-state index is 11.1. The van der Waals surface area contributed by atoms with Gasteiger partial charge in [-0.15, -0.1) is 0 Å². The fourth-order valence-electron chi connectivity index (χ4n) is 3.42. The van der Waals surface area contributed by atoms with Gasteiger partial charge in [0.15, 0.2) is 0 Å². The number of carbonyl (C=O) groups excluding carboxylic acids is 1. The highest BCUT2D eigenvalue weighted by atomic mass is 16.1. The maximum atomic E-state index is 11.1. The smallest absolute Gasteiger partial charge is 0.221 e. The summed E-state index contributed by atoms with van der Waals surface area (Å²) in [6.07, 6.45) is 6.84. The summed E-state index contributed by atoms with van der Waals surface area (Å²) in [5, 5.41) is 2.81. The molecule has 3 heteroatoms. The van der Waals surface area contributed by atoms with Crippen molar-refractivity contribution >= 4 is 17.7 Å². The first kappa shape index (κ1) is 17.4. The molecular weight excluding hydrogens is 308 g/mol. The van der Waals surface area contributed by atoms with Crippen molar-refractivity contribution in [1.29, 1.82) is 0 Å². The zero-order chi connectivity index (χ0) is 17.8. The van der Waals surface area contributed by atoms with Crippen molar-refractivity contribution in [3.05, 3.63) is 70.8 Å². The van der Waals surface area contributed by atoms with E-state index in [9.17, 15) is 4.79 Å². The van der Waals surface area contributed by atoms with Crippen molar-refractivity contribution in [2.24, 2.45) is 0 Å². The first-order chi connectivity index (χ1) is 12.0. The van der Waals surface area contributed by atoms with Gasteiger partial charge in [-0.25, -0.2) is 0 Å². The van der Waals surface area contributed by atoms with Crippen LogP contribution in [0.1, 0.15) is 50.0 Å². The number of fused-ring (bicyclic) bond motifs is 1. The third-order valence-electron chi connectivity index (χ3n) is 4.91. The van der Waals surface area contributed by atoms with Gasteiger partial charge in [-0.05, 0) is 61.2 Å². The molecule has 0 unspecified atom stereocenters. The normalized spacial score (nSPS) is 14.2. The first-order valence-electron chi connectivity index (χ1n) is 8.89. The molecule has 3 rings (SSSR count). The summed E-state index contributed by atoms with van der Waals surface area (Å²) < 4.78 is 0. The quantitative estimate of drug-likeness (QED) is 0.829. The minimum atomic E-state index is -0.0413. The van der Waals surface area contributed by atoms with Crippen molar-refractivity contribution in [3.63, 3.8) is 0 Å². The molecule has 0 heterocycles. The van der Waals surface area contributed by atoms with Crippen molar-refractivity contribution in [3.8, 4) is 0 Å². The molecule has 0 spiro atoms. The number of allylic oxidation sites excluding steroid dienone is 1. The fourth-order valence-corrected chi connectivity index (χ4v) is 3.42. The van der Waals surface area contributed by atoms with Crippen LogP contribution in [-0.2, 0) is 17.8 Å². The van der Waals surface area contributed by atoms with E-state index in [2.05, 4.69) is 66.7 Å². The molecule has 0 saturated carbocycles. The fraction of sp³-hybridized carbons (Fsp3) is 0.318. The number of nitrogens with one attached hydrogen (secondary N) is 1. The second-order valence-corrected chi connectivity index (χ2v) is 6.83. The number of nitrogens with zero attached hydrogens (tertiary/aromatic N) is 1. The topological polar surface area (TPSA) is 32.3 Å². The second-order valence-electron chi connectivity index (χ2n) is 6.83. The number of rotatable bonds is 5. The summed E-state index contributed by atoms with van der Waals surface area (Å²) in [5.74, 6) is -0.0413. The lowest BCUT2D eigenvalue weighted by Crippen LogP contribution is -2.23. The molecule has 0 bridgehead atoms. The molecule has 1 amide bonds. The lowest BCUT2D eigenvalue weighted by molar-refractivity contribution is -0.114. The summed E-state index contributed by atoms with van der Waals surface area (Å²) in [6, 6.07) is 15.1. The van der Waals surface area contributed by atoms with E-state index in [0.29, 0.717) is 6.04 Å². The molecule has 1 aliphatic rings. The summed E-state index contributed by atoms with van der Waals surface area (Å²) >= 11 is 0. The zero-order valence-electron chi connectivity index (χ0n) is 15.3. The average Bonchev–Trinajstić information content (AvgIpc) is 2.62. The highest BCUT2D eigenvalue weighted by Gasteiger charge is 2.17. The Morgan fingerprint density at radius 1 is 1.24 bits per heavy atom. The van der Waals surface area contributed by atoms with Crippen LogP contribution in [0, 0.1) is 0 Å². The number of aryl methyl sites for hydroxylation is 1. The summed E-state index contributed by atoms with van der Waals surface area (Å²) in [4.78, 5) is 13.5. The van der Waals surface area contributed by atoms with Crippen LogP contribution in [0.4, 0.5) is 5.69 Å². The van der Waals surface area contributed by atoms with Crippen LogP contribution >= 0.6 is 0 Å². The Morgan fingerprint density at radius 3 is 2.72 bits per heavy atom. The SMILES string of the molecule is CC(=O)Nc1ccc(CN(C)[C@H](C)c2cccc3c2C=CCC3)cc1.[HH]. The van der Waals surface area contributed by atoms with Crippen LogP contribution in [0.15, 0.2) is 48.5 Å². The highest BCUT2D eigenvalue weighted by Crippen LogP contribution is 2.30. The van der Waals surface area contributed by atoms with E-state index >= 15 is 0 Å². The second kappa shape index (κ2) is 7.66. The third-order valence-corrected chi connectivity index (χ3v) is 4.91. The Kier molecular flexibility index (Phi) is 5.34. The number of anilines is 1. The molecule has 1 aliphatic carbocycles. The summed E-state index contributed by atoms with van der Waals surface area (Å²) in [6.45, 7) is 4.66. The number of benzene rings is 2. The number of hydrogen-bond donors (Lipinski definition) is 1. The van der Waals surface area contributed by atoms with E-state index in [-0.39, 0.29) is 7.33 Å². The predicted molar refractivity (Wildman–Crippen MR) is 107 cm³/mol. The van der Waals surface area contributed by atoms with E-state index in [1.165, 1.54) is 29.2 Å². The number of hydrogen-bond acceptors (Lipinski definition) is 2. The van der Waals surface area contributed by atoms with Gasteiger partial charge in [0.1, 0.15) is 0 Å². The number of carbonyl (C=O) groups is 1. The molecular formula is C22H28N2O. The Labute approximate surface area is 151 Å². The molecule has 0 aliphatic heterocycles. The van der Waals surface area contributed by atoms with Gasteiger partial charge in [0, 0.05) is 26.6 Å². The number of amides is 1. The molecule has 1 atom stereocenters. The van der Waals surface area contributed by atoms with Gasteiger partial charge in [-0.3, -0.25) is 9.69 Å². The largest absolute Gasteiger partial charge is 0.326 e. The van der Waals surface area contributed by atoms with E-state index in [4.69, 9.17) is 0 Å². The molecule has 0 saturated heterocycles. The lowest BCUT2D eigenvalue weighted by atomic mass is 9.90. The van der Waals surface area contributed by atoms with Crippen molar-refractivity contribution in [1.82, 2.24) is 4.90 Å². The lowest BCUT2D eigenvalue weighted by Gasteiger charge is -2.28. The van der Waals surface area contributed by atoms with Crippen LogP contribution in [0.2, 0.25) is 0 Å². The van der Waals surface area contributed by atoms with E-state index in [1.54, 1.807) is 0 Å². The molecule has 2 aromatic rings. The van der Waals surface area contributed by atoms with E-state index < -0.39 is 0 Å². The molecule has 0 fully saturated rings. The molecule has 1 N–H and O–H groups in total. The highest BCUT2D eigenvalue weighted by molar-refractivity contribution is 5.88. The average molecular weight is 336 g/mol. The van der Waals surface area contributed by atoms with Crippen molar-refractivity contribution < 1.29 is 6.22 Å². The first-order valence-corrected chi connectivity index (χ1v) is 8.89. The Morgan fingerprint density at radius 2 is 2.00 bits per heavy atom. The molecule has 0 radical (unpaired) electrons. The van der Waals surface area contributed by atoms with E-state index in [1.807, 2.05) is 12.1 Å². The monoisotopic (exact) mass is 336 g/mol. The minimum absolute atomic E-state index is 0. The van der Waals surface area contributed by atoms with E-state index in [0.717, 1.165) is 25.1 Å². The maximum Gasteiger partial charge on any atom is 0.221 e. The summed E-state index contributed by atoms with van der Waals surface area (Å²) in [5.41, 5.74) is 6.33. The Balaban J connectivity index is 0.00000243. The minimum Gasteiger partial charge on any atom is -0.326 e. The molecule has 25 heavy (non-hydrogen) atoms. The van der Waals surface area contributed by atoms with Crippen LogP contribution in [0.25, 0.3) is 6.08 Å². The Hall–Kier alpha value is -2.39.